The van der Waals surface area contributed by atoms with Crippen molar-refractivity contribution in [3.8, 4) is 5.88 Å². The number of aromatic nitrogens is 2. The normalized spacial score (nSPS) is 19.6. The van der Waals surface area contributed by atoms with Crippen LogP contribution in [0, 0.1) is 15.5 Å². The minimum atomic E-state index is -4.89. The lowest BCUT2D eigenvalue weighted by Crippen LogP contribution is -2.47. The Morgan fingerprint density at radius 3 is 2.50 bits per heavy atom. The first kappa shape index (κ1) is 48.9. The van der Waals surface area contributed by atoms with Gasteiger partial charge in [0.1, 0.15) is 11.3 Å². The Hall–Kier alpha value is -5.57. The highest BCUT2D eigenvalue weighted by atomic mass is 35.5. The van der Waals surface area contributed by atoms with Crippen LogP contribution in [0.25, 0.3) is 16.6 Å². The molecule has 2 saturated heterocycles. The molecule has 3 aromatic carbocycles. The fourth-order valence-electron chi connectivity index (χ4n) is 9.17. The molecule has 0 spiro atoms. The molecule has 1 atom stereocenters. The van der Waals surface area contributed by atoms with Crippen molar-refractivity contribution in [3.63, 3.8) is 0 Å². The summed E-state index contributed by atoms with van der Waals surface area (Å²) >= 11 is 6.25. The topological polar surface area (TPSA) is 185 Å². The Labute approximate surface area is 403 Å². The van der Waals surface area contributed by atoms with Crippen LogP contribution < -0.4 is 24.6 Å². The monoisotopic (exact) mass is 996 g/mol. The van der Waals surface area contributed by atoms with Crippen LogP contribution in [0.15, 0.2) is 89.5 Å². The first-order valence-corrected chi connectivity index (χ1v) is 24.1. The van der Waals surface area contributed by atoms with E-state index in [0.29, 0.717) is 67.7 Å². The lowest BCUT2D eigenvalue weighted by atomic mass is 9.72. The number of alkyl halides is 2. The summed E-state index contributed by atoms with van der Waals surface area (Å²) in [7, 11) is -4.89. The number of ether oxygens (including phenoxy) is 3. The number of nitro benzene ring substituents is 1. The fourth-order valence-corrected chi connectivity index (χ4v) is 10.4. The van der Waals surface area contributed by atoms with Gasteiger partial charge in [-0.1, -0.05) is 43.2 Å². The van der Waals surface area contributed by atoms with Crippen molar-refractivity contribution in [1.29, 1.82) is 0 Å². The number of nitro groups is 1. The number of fused-ring (bicyclic) bond motifs is 2. The second kappa shape index (κ2) is 19.8. The molecule has 0 radical (unpaired) electrons. The molecule has 3 N–H and O–H groups in total. The van der Waals surface area contributed by atoms with Gasteiger partial charge in [0.15, 0.2) is 4.90 Å². The maximum atomic E-state index is 15.3. The first-order valence-electron chi connectivity index (χ1n) is 22.2. The molecule has 1 amide bonds. The lowest BCUT2D eigenvalue weighted by molar-refractivity contribution is -0.387. The summed E-state index contributed by atoms with van der Waals surface area (Å²) in [5.41, 5.74) is 4.63. The van der Waals surface area contributed by atoms with Gasteiger partial charge in [-0.15, -0.1) is 12.4 Å². The van der Waals surface area contributed by atoms with E-state index in [1.165, 1.54) is 33.7 Å². The predicted molar refractivity (Wildman–Crippen MR) is 258 cm³/mol. The Morgan fingerprint density at radius 1 is 0.985 bits per heavy atom. The maximum Gasteiger partial charge on any atom is 0.400 e. The highest BCUT2D eigenvalue weighted by Gasteiger charge is 2.40. The number of anilines is 4. The van der Waals surface area contributed by atoms with E-state index in [4.69, 9.17) is 25.8 Å². The van der Waals surface area contributed by atoms with Gasteiger partial charge in [0, 0.05) is 79.9 Å². The number of hydrogen-bond donors (Lipinski definition) is 3. The molecule has 3 aliphatic heterocycles. The molecule has 0 unspecified atom stereocenters. The molecule has 68 heavy (non-hydrogen) atoms. The van der Waals surface area contributed by atoms with Crippen molar-refractivity contribution < 1.29 is 41.1 Å². The smallest absolute Gasteiger partial charge is 0.400 e. The van der Waals surface area contributed by atoms with Crippen molar-refractivity contribution in [2.75, 3.05) is 80.8 Å². The molecule has 21 heteroatoms. The summed E-state index contributed by atoms with van der Waals surface area (Å²) in [6.45, 7) is 9.13. The van der Waals surface area contributed by atoms with E-state index in [2.05, 4.69) is 51.1 Å². The molecule has 2 aromatic heterocycles. The molecule has 2 fully saturated rings. The maximum absolute atomic E-state index is 15.3. The van der Waals surface area contributed by atoms with E-state index >= 15 is 8.78 Å². The van der Waals surface area contributed by atoms with Crippen molar-refractivity contribution in [2.45, 2.75) is 56.6 Å². The van der Waals surface area contributed by atoms with E-state index in [1.807, 2.05) is 16.9 Å². The third-order valence-corrected chi connectivity index (χ3v) is 14.4. The molecule has 0 bridgehead atoms. The van der Waals surface area contributed by atoms with Crippen molar-refractivity contribution in [3.05, 3.63) is 111 Å². The number of aromatic amines is 1. The lowest BCUT2D eigenvalue weighted by Gasteiger charge is -2.39. The number of carbonyl (C=O) groups excluding carboxylic acids is 1. The molecule has 9 rings (SSSR count). The van der Waals surface area contributed by atoms with Crippen LogP contribution in [0.4, 0.5) is 37.2 Å². The summed E-state index contributed by atoms with van der Waals surface area (Å²) in [5, 5.41) is 16.6. The number of rotatable bonds is 12. The number of nitrogens with zero attached hydrogens (tertiary/aromatic N) is 5. The standard InChI is InChI=1S/C47H51ClF2N8O8S.ClH/c1-46(2)13-11-32(38(26-46)30-3-5-33(48)6-4-30)28-55-17-19-56(20-18-55)35-8-9-37(39(25-35)57-16-14-47(49,50)66-45-41(57)23-31-12-15-51-43(31)53-45)44(59)54-67(62,63)42-10-7-34(24-40(42)58(60)61)52-27-36-29-64-21-22-65-36;/h3-10,12,15,23-25,36,52H,11,13-14,16-22,26-29H2,1-2H3,(H,51,53)(H,54,59);1H/t36-;/m1./s1. The number of sulfonamides is 1. The van der Waals surface area contributed by atoms with E-state index in [0.717, 1.165) is 37.9 Å². The number of nitrogens with one attached hydrogen (secondary N) is 3. The van der Waals surface area contributed by atoms with Gasteiger partial charge in [0.25, 0.3) is 21.6 Å². The minimum absolute atomic E-state index is 0. The number of piperazine rings is 1. The van der Waals surface area contributed by atoms with Crippen molar-refractivity contribution in [2.24, 2.45) is 5.41 Å². The molecule has 5 aromatic rings. The van der Waals surface area contributed by atoms with Gasteiger partial charge in [-0.3, -0.25) is 19.8 Å². The van der Waals surface area contributed by atoms with Crippen LogP contribution in [0.1, 0.15) is 55.5 Å². The highest BCUT2D eigenvalue weighted by molar-refractivity contribution is 7.90. The molecule has 0 saturated carbocycles. The zero-order chi connectivity index (χ0) is 47.1. The van der Waals surface area contributed by atoms with Crippen LogP contribution in [-0.4, -0.2) is 112 Å². The molecule has 362 valence electrons. The Balaban J connectivity index is 0.00000625. The quantitative estimate of drug-likeness (QED) is 0.0797. The second-order valence-corrected chi connectivity index (χ2v) is 20.2. The van der Waals surface area contributed by atoms with Crippen molar-refractivity contribution >= 4 is 85.0 Å². The summed E-state index contributed by atoms with van der Waals surface area (Å²) in [6.07, 6.45) is -0.106. The van der Waals surface area contributed by atoms with E-state index < -0.39 is 44.0 Å². The number of halogens is 4. The Bertz CT molecular complexity index is 2830. The highest BCUT2D eigenvalue weighted by Crippen LogP contribution is 2.45. The number of amides is 1. The zero-order valence-electron chi connectivity index (χ0n) is 37.4. The van der Waals surface area contributed by atoms with Crippen LogP contribution >= 0.6 is 24.0 Å². The van der Waals surface area contributed by atoms with Gasteiger partial charge in [-0.2, -0.15) is 13.8 Å². The number of hydrogen-bond acceptors (Lipinski definition) is 13. The van der Waals surface area contributed by atoms with Crippen LogP contribution in [0.3, 0.4) is 0 Å². The first-order chi connectivity index (χ1) is 32.0. The molecule has 5 heterocycles. The fraction of sp³-hybridized carbons (Fsp3) is 0.404. The summed E-state index contributed by atoms with van der Waals surface area (Å²) < 4.78 is 76.8. The van der Waals surface area contributed by atoms with Gasteiger partial charge >= 0.3 is 6.11 Å². The number of allylic oxidation sites excluding steroid dienone is 1. The van der Waals surface area contributed by atoms with Crippen LogP contribution in [0.5, 0.6) is 5.88 Å². The Kier molecular flexibility index (Phi) is 14.2. The van der Waals surface area contributed by atoms with Gasteiger partial charge in [-0.05, 0) is 90.4 Å². The van der Waals surface area contributed by atoms with E-state index in [9.17, 15) is 23.3 Å². The average molecular weight is 998 g/mol. The van der Waals surface area contributed by atoms with E-state index in [1.54, 1.807) is 30.5 Å². The number of carbonyl (C=O) groups is 1. The SMILES string of the molecule is CC1(C)CCC(CN2CCN(c3ccc(C(=O)NS(=O)(=O)c4ccc(NC[C@@H]5COCCO5)cc4[N+](=O)[O-])c(N4CCC(F)(F)Oc5nc6[nH]ccc6cc54)c3)CC2)=C(c2ccc(Cl)cc2)C1.Cl. The van der Waals surface area contributed by atoms with Crippen molar-refractivity contribution in [1.82, 2.24) is 19.6 Å². The van der Waals surface area contributed by atoms with Gasteiger partial charge < -0.3 is 34.3 Å². The second-order valence-electron chi connectivity index (χ2n) is 18.1. The molecule has 4 aliphatic rings. The van der Waals surface area contributed by atoms with Crippen LogP contribution in [0.2, 0.25) is 5.02 Å². The number of benzene rings is 3. The van der Waals surface area contributed by atoms with Crippen LogP contribution in [-0.2, 0) is 19.5 Å². The van der Waals surface area contributed by atoms with Gasteiger partial charge in [0.2, 0.25) is 5.88 Å². The summed E-state index contributed by atoms with van der Waals surface area (Å²) in [5.74, 6) is -1.52. The third kappa shape index (κ3) is 10.8. The third-order valence-electron chi connectivity index (χ3n) is 12.8. The molecule has 16 nitrogen and oxygen atoms in total. The van der Waals surface area contributed by atoms with Gasteiger partial charge in [-0.25, -0.2) is 13.1 Å². The number of H-pyrrole nitrogens is 1. The van der Waals surface area contributed by atoms with E-state index in [-0.39, 0.29) is 65.5 Å². The number of pyridine rings is 1. The average Bonchev–Trinajstić information content (AvgIpc) is 3.71. The summed E-state index contributed by atoms with van der Waals surface area (Å²) in [6, 6.07) is 19.6. The predicted octanol–water partition coefficient (Wildman–Crippen LogP) is 8.79. The zero-order valence-corrected chi connectivity index (χ0v) is 39.8. The minimum Gasteiger partial charge on any atom is -0.412 e. The molecular formula is C47H52Cl2F2N8O8S. The Morgan fingerprint density at radius 2 is 1.76 bits per heavy atom. The molecular weight excluding hydrogens is 946 g/mol. The molecule has 1 aliphatic carbocycles. The largest absolute Gasteiger partial charge is 0.412 e. The summed E-state index contributed by atoms with van der Waals surface area (Å²) in [4.78, 5) is 38.4. The van der Waals surface area contributed by atoms with Gasteiger partial charge in [0.05, 0.1) is 48.5 Å².